The Kier molecular flexibility index (Phi) is 7.36. The van der Waals surface area contributed by atoms with E-state index in [0.717, 1.165) is 25.9 Å². The fourth-order valence-electron chi connectivity index (χ4n) is 2.47. The van der Waals surface area contributed by atoms with E-state index in [1.807, 2.05) is 18.7 Å². The van der Waals surface area contributed by atoms with Crippen molar-refractivity contribution in [2.75, 3.05) is 26.2 Å². The molecule has 116 valence electrons. The average molecular weight is 285 g/mol. The molecule has 2 amide bonds. The molecule has 0 aromatic rings. The van der Waals surface area contributed by atoms with Crippen LogP contribution in [0.15, 0.2) is 0 Å². The van der Waals surface area contributed by atoms with E-state index in [4.69, 9.17) is 4.74 Å². The number of piperidine rings is 1. The van der Waals surface area contributed by atoms with E-state index in [2.05, 4.69) is 10.6 Å². The lowest BCUT2D eigenvalue weighted by molar-refractivity contribution is -0.133. The molecule has 1 saturated heterocycles. The Bertz CT molecular complexity index is 323. The minimum Gasteiger partial charge on any atom is -0.450 e. The largest absolute Gasteiger partial charge is 0.450 e. The molecule has 1 aliphatic heterocycles. The van der Waals surface area contributed by atoms with Crippen molar-refractivity contribution in [3.63, 3.8) is 0 Å². The second-order valence-corrected chi connectivity index (χ2v) is 5.21. The highest BCUT2D eigenvalue weighted by Crippen LogP contribution is 2.12. The summed E-state index contributed by atoms with van der Waals surface area (Å²) in [6.07, 6.45) is 1.91. The van der Waals surface area contributed by atoms with Gasteiger partial charge in [0.1, 0.15) is 0 Å². The van der Waals surface area contributed by atoms with E-state index < -0.39 is 6.09 Å². The quantitative estimate of drug-likeness (QED) is 0.767. The maximum atomic E-state index is 12.2. The van der Waals surface area contributed by atoms with Crippen LogP contribution in [0.25, 0.3) is 0 Å². The summed E-state index contributed by atoms with van der Waals surface area (Å²) in [7, 11) is 0. The molecule has 0 aromatic carbocycles. The van der Waals surface area contributed by atoms with E-state index in [-0.39, 0.29) is 18.0 Å². The van der Waals surface area contributed by atoms with Gasteiger partial charge in [-0.3, -0.25) is 4.79 Å². The van der Waals surface area contributed by atoms with Gasteiger partial charge < -0.3 is 20.3 Å². The lowest BCUT2D eigenvalue weighted by Gasteiger charge is -2.33. The molecule has 1 fully saturated rings. The van der Waals surface area contributed by atoms with Crippen molar-refractivity contribution in [3.8, 4) is 0 Å². The van der Waals surface area contributed by atoms with Crippen LogP contribution in [0.4, 0.5) is 4.79 Å². The van der Waals surface area contributed by atoms with Crippen molar-refractivity contribution in [3.05, 3.63) is 0 Å². The fourth-order valence-corrected chi connectivity index (χ4v) is 2.47. The summed E-state index contributed by atoms with van der Waals surface area (Å²) in [5.41, 5.74) is 0. The zero-order valence-corrected chi connectivity index (χ0v) is 12.8. The normalized spacial score (nSPS) is 20.4. The van der Waals surface area contributed by atoms with Crippen LogP contribution in [0.5, 0.6) is 0 Å². The number of nitrogens with zero attached hydrogens (tertiary/aromatic N) is 1. The van der Waals surface area contributed by atoms with Gasteiger partial charge in [0.05, 0.1) is 6.61 Å². The molecule has 0 spiro atoms. The van der Waals surface area contributed by atoms with Gasteiger partial charge in [0.15, 0.2) is 0 Å². The highest BCUT2D eigenvalue weighted by atomic mass is 16.5. The van der Waals surface area contributed by atoms with Gasteiger partial charge in [-0.05, 0) is 33.2 Å². The van der Waals surface area contributed by atoms with Gasteiger partial charge in [-0.25, -0.2) is 4.79 Å². The molecule has 0 bridgehead atoms. The van der Waals surface area contributed by atoms with E-state index >= 15 is 0 Å². The molecule has 2 atom stereocenters. The number of ether oxygens (including phenoxy) is 1. The lowest BCUT2D eigenvalue weighted by atomic mass is 10.0. The molecular formula is C14H27N3O3. The van der Waals surface area contributed by atoms with Crippen LogP contribution in [0, 0.1) is 0 Å². The van der Waals surface area contributed by atoms with Crippen LogP contribution in [0.2, 0.25) is 0 Å². The first-order valence-electron chi connectivity index (χ1n) is 7.51. The minimum absolute atomic E-state index is 0.00110. The highest BCUT2D eigenvalue weighted by Gasteiger charge is 2.25. The molecule has 0 aromatic heterocycles. The SMILES string of the molecule is CCNC(C)CC(=O)N1CCCC(NC(=O)OCC)C1. The smallest absolute Gasteiger partial charge is 0.407 e. The summed E-state index contributed by atoms with van der Waals surface area (Å²) >= 11 is 0. The fraction of sp³-hybridized carbons (Fsp3) is 0.857. The van der Waals surface area contributed by atoms with Gasteiger partial charge in [-0.1, -0.05) is 6.92 Å². The predicted molar refractivity (Wildman–Crippen MR) is 77.5 cm³/mol. The second kappa shape index (κ2) is 8.79. The Labute approximate surface area is 121 Å². The summed E-state index contributed by atoms with van der Waals surface area (Å²) in [5, 5.41) is 6.05. The Morgan fingerprint density at radius 2 is 2.15 bits per heavy atom. The molecule has 2 unspecified atom stereocenters. The molecule has 0 aliphatic carbocycles. The van der Waals surface area contributed by atoms with Crippen LogP contribution in [0.3, 0.4) is 0 Å². The zero-order chi connectivity index (χ0) is 15.0. The molecule has 0 saturated carbocycles. The Morgan fingerprint density at radius 3 is 2.80 bits per heavy atom. The number of carbonyl (C=O) groups excluding carboxylic acids is 2. The summed E-state index contributed by atoms with van der Waals surface area (Å²) < 4.78 is 4.87. The number of hydrogen-bond donors (Lipinski definition) is 2. The highest BCUT2D eigenvalue weighted by molar-refractivity contribution is 5.77. The van der Waals surface area contributed by atoms with Crippen LogP contribution >= 0.6 is 0 Å². The number of hydrogen-bond acceptors (Lipinski definition) is 4. The van der Waals surface area contributed by atoms with Gasteiger partial charge >= 0.3 is 6.09 Å². The Balaban J connectivity index is 2.39. The van der Waals surface area contributed by atoms with Crippen LogP contribution in [0.1, 0.15) is 40.0 Å². The third kappa shape index (κ3) is 5.77. The molecule has 0 radical (unpaired) electrons. The minimum atomic E-state index is -0.396. The second-order valence-electron chi connectivity index (χ2n) is 5.21. The Morgan fingerprint density at radius 1 is 1.40 bits per heavy atom. The first-order valence-corrected chi connectivity index (χ1v) is 7.51. The summed E-state index contributed by atoms with van der Waals surface area (Å²) in [5.74, 6) is 0.147. The van der Waals surface area contributed by atoms with E-state index in [0.29, 0.717) is 19.6 Å². The van der Waals surface area contributed by atoms with Gasteiger partial charge in [0, 0.05) is 31.6 Å². The lowest BCUT2D eigenvalue weighted by Crippen LogP contribution is -2.50. The number of alkyl carbamates (subject to hydrolysis) is 1. The number of likely N-dealkylation sites (tertiary alicyclic amines) is 1. The first-order chi connectivity index (χ1) is 9.56. The van der Waals surface area contributed by atoms with Crippen LogP contribution in [-0.2, 0) is 9.53 Å². The topological polar surface area (TPSA) is 70.7 Å². The first kappa shape index (κ1) is 16.8. The Hall–Kier alpha value is -1.30. The summed E-state index contributed by atoms with van der Waals surface area (Å²) in [4.78, 5) is 25.4. The van der Waals surface area contributed by atoms with Crippen molar-refractivity contribution in [1.82, 2.24) is 15.5 Å². The predicted octanol–water partition coefficient (Wildman–Crippen LogP) is 1.11. The maximum Gasteiger partial charge on any atom is 0.407 e. The number of amides is 2. The molecular weight excluding hydrogens is 258 g/mol. The number of carbonyl (C=O) groups is 2. The van der Waals surface area contributed by atoms with Gasteiger partial charge in [0.2, 0.25) is 5.91 Å². The van der Waals surface area contributed by atoms with Crippen molar-refractivity contribution >= 4 is 12.0 Å². The number of rotatable bonds is 6. The van der Waals surface area contributed by atoms with Gasteiger partial charge in [0.25, 0.3) is 0 Å². The van der Waals surface area contributed by atoms with E-state index in [1.54, 1.807) is 6.92 Å². The molecule has 1 aliphatic rings. The summed E-state index contributed by atoms with van der Waals surface area (Å²) in [6.45, 7) is 8.40. The van der Waals surface area contributed by atoms with Crippen molar-refractivity contribution in [2.24, 2.45) is 0 Å². The van der Waals surface area contributed by atoms with E-state index in [1.165, 1.54) is 0 Å². The van der Waals surface area contributed by atoms with Crippen molar-refractivity contribution in [2.45, 2.75) is 52.1 Å². The third-order valence-electron chi connectivity index (χ3n) is 3.40. The molecule has 20 heavy (non-hydrogen) atoms. The maximum absolute atomic E-state index is 12.2. The zero-order valence-electron chi connectivity index (χ0n) is 12.8. The number of nitrogens with one attached hydrogen (secondary N) is 2. The average Bonchev–Trinajstić information content (AvgIpc) is 2.39. The molecule has 2 N–H and O–H groups in total. The van der Waals surface area contributed by atoms with Crippen molar-refractivity contribution < 1.29 is 14.3 Å². The molecule has 6 heteroatoms. The molecule has 1 heterocycles. The third-order valence-corrected chi connectivity index (χ3v) is 3.40. The molecule has 1 rings (SSSR count). The van der Waals surface area contributed by atoms with E-state index in [9.17, 15) is 9.59 Å². The summed E-state index contributed by atoms with van der Waals surface area (Å²) in [6, 6.07) is 0.187. The van der Waals surface area contributed by atoms with Crippen LogP contribution < -0.4 is 10.6 Å². The molecule has 6 nitrogen and oxygen atoms in total. The standard InChI is InChI=1S/C14H27N3O3/c1-4-15-11(3)9-13(18)17-8-6-7-12(10-17)16-14(19)20-5-2/h11-12,15H,4-10H2,1-3H3,(H,16,19). The van der Waals surface area contributed by atoms with Gasteiger partial charge in [-0.2, -0.15) is 0 Å². The van der Waals surface area contributed by atoms with Gasteiger partial charge in [-0.15, -0.1) is 0 Å². The van der Waals surface area contributed by atoms with Crippen LogP contribution in [-0.4, -0.2) is 55.2 Å². The van der Waals surface area contributed by atoms with Crippen molar-refractivity contribution in [1.29, 1.82) is 0 Å². The monoisotopic (exact) mass is 285 g/mol.